The molecule has 0 bridgehead atoms. The zero-order valence-electron chi connectivity index (χ0n) is 21.1. The van der Waals surface area contributed by atoms with Crippen LogP contribution in [-0.4, -0.2) is 16.1 Å². The Labute approximate surface area is 217 Å². The zero-order valence-corrected chi connectivity index (χ0v) is 23.1. The Kier molecular flexibility index (Phi) is 6.73. The number of hydrogen-bond acceptors (Lipinski definition) is 0. The average molecular weight is 497 g/mol. The van der Waals surface area contributed by atoms with E-state index in [1.807, 2.05) is 0 Å². The van der Waals surface area contributed by atoms with Gasteiger partial charge in [-0.2, -0.15) is 0 Å². The Morgan fingerprint density at radius 1 is 0.417 bits per heavy atom. The lowest BCUT2D eigenvalue weighted by molar-refractivity contribution is 1.62. The largest absolute Gasteiger partial charge is 0.179 e. The third-order valence-corrected chi connectivity index (χ3v) is 15.1. The molecule has 0 fully saturated rings. The van der Waals surface area contributed by atoms with Crippen molar-refractivity contribution in [1.29, 1.82) is 0 Å². The molecule has 0 amide bonds. The summed E-state index contributed by atoms with van der Waals surface area (Å²) in [6, 6.07) is 51.7. The zero-order chi connectivity index (χ0) is 25.0. The van der Waals surface area contributed by atoms with Crippen molar-refractivity contribution in [3.63, 3.8) is 0 Å². The van der Waals surface area contributed by atoms with Crippen molar-refractivity contribution in [3.05, 3.63) is 152 Å². The SMILES string of the molecule is C=C[Si](C)(C)c1ccc(-c2ccc([Si](c3ccccc3)(c3ccccc3)c3ccccc3)cc2)cc1. The van der Waals surface area contributed by atoms with Gasteiger partial charge in [-0.25, -0.2) is 0 Å². The van der Waals surface area contributed by atoms with Crippen LogP contribution in [0.1, 0.15) is 0 Å². The average Bonchev–Trinajstić information content (AvgIpc) is 2.96. The highest BCUT2D eigenvalue weighted by molar-refractivity contribution is 7.19. The Balaban J connectivity index is 1.66. The van der Waals surface area contributed by atoms with Gasteiger partial charge in [-0.1, -0.05) is 164 Å². The molecular formula is C34H32Si2. The summed E-state index contributed by atoms with van der Waals surface area (Å²) in [6.45, 7) is 8.74. The second-order valence-corrected chi connectivity index (χ2v) is 18.2. The fraction of sp³-hybridized carbons (Fsp3) is 0.0588. The van der Waals surface area contributed by atoms with Gasteiger partial charge >= 0.3 is 0 Å². The summed E-state index contributed by atoms with van der Waals surface area (Å²) in [4.78, 5) is 0. The van der Waals surface area contributed by atoms with Crippen LogP contribution in [0.5, 0.6) is 0 Å². The predicted octanol–water partition coefficient (Wildman–Crippen LogP) is 5.37. The number of rotatable bonds is 7. The Morgan fingerprint density at radius 2 is 0.722 bits per heavy atom. The number of hydrogen-bond donors (Lipinski definition) is 0. The van der Waals surface area contributed by atoms with Crippen LogP contribution in [0.4, 0.5) is 0 Å². The summed E-state index contributed by atoms with van der Waals surface area (Å²) in [5, 5.41) is 7.01. The van der Waals surface area contributed by atoms with E-state index in [0.717, 1.165) is 0 Å². The summed E-state index contributed by atoms with van der Waals surface area (Å²) in [5.74, 6) is 0. The highest BCUT2D eigenvalue weighted by Gasteiger charge is 2.41. The predicted molar refractivity (Wildman–Crippen MR) is 163 cm³/mol. The van der Waals surface area contributed by atoms with E-state index in [2.05, 4.69) is 165 Å². The van der Waals surface area contributed by atoms with Crippen LogP contribution in [0.15, 0.2) is 152 Å². The van der Waals surface area contributed by atoms with Crippen molar-refractivity contribution in [3.8, 4) is 11.1 Å². The molecular weight excluding hydrogens is 465 g/mol. The molecule has 0 atom stereocenters. The van der Waals surface area contributed by atoms with Crippen LogP contribution in [0.3, 0.4) is 0 Å². The maximum atomic E-state index is 4.06. The standard InChI is InChI=1S/C34H32Si2/c1-4-35(2,3)30-24-20-28(21-25-30)29-22-26-34(27-23-29)36(31-14-8-5-9-15-31,32-16-10-6-11-17-32)33-18-12-7-13-19-33/h4-27H,1H2,2-3H3. The van der Waals surface area contributed by atoms with Gasteiger partial charge in [0.2, 0.25) is 0 Å². The minimum absolute atomic E-state index is 1.25. The van der Waals surface area contributed by atoms with Crippen LogP contribution < -0.4 is 25.9 Å². The third-order valence-electron chi connectivity index (χ3n) is 7.41. The molecule has 0 N–H and O–H groups in total. The van der Waals surface area contributed by atoms with Gasteiger partial charge in [0.1, 0.15) is 8.07 Å². The summed E-state index contributed by atoms with van der Waals surface area (Å²) >= 11 is 0. The Hall–Kier alpha value is -3.73. The van der Waals surface area contributed by atoms with E-state index in [-0.39, 0.29) is 0 Å². The minimum atomic E-state index is -2.47. The van der Waals surface area contributed by atoms with Crippen molar-refractivity contribution in [2.75, 3.05) is 0 Å². The van der Waals surface area contributed by atoms with Crippen LogP contribution in [0, 0.1) is 0 Å². The van der Waals surface area contributed by atoms with E-state index < -0.39 is 16.1 Å². The first-order chi connectivity index (χ1) is 17.6. The molecule has 0 aromatic heterocycles. The summed E-state index contributed by atoms with van der Waals surface area (Å²) < 4.78 is 0. The lowest BCUT2D eigenvalue weighted by atomic mass is 10.1. The topological polar surface area (TPSA) is 0 Å². The van der Waals surface area contributed by atoms with E-state index in [4.69, 9.17) is 0 Å². The van der Waals surface area contributed by atoms with Crippen LogP contribution >= 0.6 is 0 Å². The first-order valence-corrected chi connectivity index (χ1v) is 17.6. The molecule has 2 heteroatoms. The second kappa shape index (κ2) is 10.1. The molecule has 0 aliphatic rings. The molecule has 0 saturated carbocycles. The minimum Gasteiger partial charge on any atom is -0.107 e. The molecule has 176 valence electrons. The van der Waals surface area contributed by atoms with Crippen molar-refractivity contribution >= 4 is 42.1 Å². The maximum Gasteiger partial charge on any atom is 0.179 e. The monoisotopic (exact) mass is 496 g/mol. The maximum absolute atomic E-state index is 4.06. The van der Waals surface area contributed by atoms with Crippen molar-refractivity contribution in [2.24, 2.45) is 0 Å². The molecule has 0 heterocycles. The van der Waals surface area contributed by atoms with E-state index >= 15 is 0 Å². The van der Waals surface area contributed by atoms with E-state index in [1.165, 1.54) is 37.1 Å². The van der Waals surface area contributed by atoms with Crippen LogP contribution in [0.2, 0.25) is 13.1 Å². The van der Waals surface area contributed by atoms with E-state index in [0.29, 0.717) is 0 Å². The molecule has 36 heavy (non-hydrogen) atoms. The van der Waals surface area contributed by atoms with Gasteiger partial charge in [0.05, 0.1) is 0 Å². The van der Waals surface area contributed by atoms with Gasteiger partial charge in [-0.05, 0) is 31.9 Å². The van der Waals surface area contributed by atoms with E-state index in [9.17, 15) is 0 Å². The molecule has 0 radical (unpaired) electrons. The van der Waals surface area contributed by atoms with Crippen molar-refractivity contribution in [2.45, 2.75) is 13.1 Å². The fourth-order valence-corrected chi connectivity index (χ4v) is 11.2. The highest BCUT2D eigenvalue weighted by atomic mass is 28.3. The molecule has 0 spiro atoms. The fourth-order valence-electron chi connectivity index (χ4n) is 5.19. The molecule has 5 rings (SSSR count). The van der Waals surface area contributed by atoms with Crippen molar-refractivity contribution < 1.29 is 0 Å². The van der Waals surface area contributed by atoms with Crippen LogP contribution in [-0.2, 0) is 0 Å². The third kappa shape index (κ3) is 4.34. The second-order valence-electron chi connectivity index (χ2n) is 9.93. The Bertz CT molecular complexity index is 1320. The van der Waals surface area contributed by atoms with Crippen LogP contribution in [0.25, 0.3) is 11.1 Å². The normalized spacial score (nSPS) is 11.7. The summed E-state index contributed by atoms with van der Waals surface area (Å²) in [6.07, 6.45) is 0. The highest BCUT2D eigenvalue weighted by Crippen LogP contribution is 2.19. The molecule has 0 nitrogen and oxygen atoms in total. The molecule has 0 saturated heterocycles. The molecule has 5 aromatic rings. The first kappa shape index (κ1) is 24.0. The quantitative estimate of drug-likeness (QED) is 0.210. The van der Waals surface area contributed by atoms with E-state index in [1.54, 1.807) is 0 Å². The Morgan fingerprint density at radius 3 is 1.06 bits per heavy atom. The summed E-state index contributed by atoms with van der Waals surface area (Å²) in [7, 11) is -4.02. The van der Waals surface area contributed by atoms with Gasteiger partial charge in [0.15, 0.2) is 8.07 Å². The van der Waals surface area contributed by atoms with Gasteiger partial charge in [0.25, 0.3) is 0 Å². The lowest BCUT2D eigenvalue weighted by Gasteiger charge is -2.34. The van der Waals surface area contributed by atoms with Gasteiger partial charge in [0, 0.05) is 0 Å². The van der Waals surface area contributed by atoms with Gasteiger partial charge in [-0.15, -0.1) is 6.58 Å². The first-order valence-electron chi connectivity index (χ1n) is 12.6. The molecule has 0 unspecified atom stereocenters. The lowest BCUT2D eigenvalue weighted by Crippen LogP contribution is -2.74. The van der Waals surface area contributed by atoms with Gasteiger partial charge < -0.3 is 0 Å². The molecule has 5 aromatic carbocycles. The molecule has 0 aliphatic carbocycles. The number of benzene rings is 5. The molecule has 0 aliphatic heterocycles. The van der Waals surface area contributed by atoms with Crippen molar-refractivity contribution in [1.82, 2.24) is 0 Å². The van der Waals surface area contributed by atoms with Gasteiger partial charge in [-0.3, -0.25) is 0 Å². The smallest absolute Gasteiger partial charge is 0.107 e. The summed E-state index contributed by atoms with van der Waals surface area (Å²) in [5.41, 5.74) is 4.66.